The Hall–Kier alpha value is -3.22. The molecule has 0 saturated carbocycles. The molecule has 2 aromatic carbocycles. The number of carbonyl (C=O) groups is 2. The number of amides is 2. The van der Waals surface area contributed by atoms with Crippen molar-refractivity contribution in [2.45, 2.75) is 20.3 Å². The van der Waals surface area contributed by atoms with E-state index in [2.05, 4.69) is 17.2 Å². The lowest BCUT2D eigenvalue weighted by molar-refractivity contribution is -0.122. The molecule has 5 nitrogen and oxygen atoms in total. The van der Waals surface area contributed by atoms with E-state index < -0.39 is 29.0 Å². The predicted molar refractivity (Wildman–Crippen MR) is 102 cm³/mol. The van der Waals surface area contributed by atoms with E-state index in [1.54, 1.807) is 6.07 Å². The monoisotopic (exact) mass is 388 g/mol. The van der Waals surface area contributed by atoms with Crippen LogP contribution in [-0.2, 0) is 4.79 Å². The van der Waals surface area contributed by atoms with Crippen molar-refractivity contribution in [2.75, 3.05) is 13.2 Å². The summed E-state index contributed by atoms with van der Waals surface area (Å²) in [5.74, 6) is -2.55. The summed E-state index contributed by atoms with van der Waals surface area (Å²) in [6.07, 6.45) is 0.206. The zero-order valence-corrected chi connectivity index (χ0v) is 15.8. The lowest BCUT2D eigenvalue weighted by atomic mass is 10.1. The Kier molecular flexibility index (Phi) is 7.26. The van der Waals surface area contributed by atoms with Gasteiger partial charge in [0.25, 0.3) is 11.8 Å². The van der Waals surface area contributed by atoms with Crippen molar-refractivity contribution in [1.29, 1.82) is 0 Å². The molecule has 0 aromatic heterocycles. The van der Waals surface area contributed by atoms with Gasteiger partial charge in [0, 0.05) is 18.7 Å². The number of benzene rings is 2. The van der Waals surface area contributed by atoms with Crippen LogP contribution in [0.4, 0.5) is 8.78 Å². The van der Waals surface area contributed by atoms with Crippen LogP contribution in [-0.4, -0.2) is 25.0 Å². The zero-order chi connectivity index (χ0) is 20.7. The minimum atomic E-state index is -0.937. The SMILES string of the molecule is C=C(CCNC(=O)c1c(F)cccc1F)NC(=O)COc1ccc(C)c(C)c1. The Balaban J connectivity index is 1.73. The van der Waals surface area contributed by atoms with Crippen molar-refractivity contribution in [3.05, 3.63) is 77.0 Å². The number of nitrogens with one attached hydrogen (secondary N) is 2. The summed E-state index contributed by atoms with van der Waals surface area (Å²) in [4.78, 5) is 23.8. The van der Waals surface area contributed by atoms with Gasteiger partial charge in [-0.25, -0.2) is 8.78 Å². The summed E-state index contributed by atoms with van der Waals surface area (Å²) >= 11 is 0. The number of carbonyl (C=O) groups excluding carboxylic acids is 2. The smallest absolute Gasteiger partial charge is 0.262 e. The third-order valence-electron chi connectivity index (χ3n) is 4.07. The van der Waals surface area contributed by atoms with Gasteiger partial charge in [-0.15, -0.1) is 0 Å². The van der Waals surface area contributed by atoms with Crippen LogP contribution in [0.2, 0.25) is 0 Å². The predicted octanol–water partition coefficient (Wildman–Crippen LogP) is 3.41. The van der Waals surface area contributed by atoms with Crippen molar-refractivity contribution in [3.63, 3.8) is 0 Å². The first-order valence-corrected chi connectivity index (χ1v) is 8.68. The third kappa shape index (κ3) is 5.90. The Bertz CT molecular complexity index is 877. The highest BCUT2D eigenvalue weighted by atomic mass is 19.1. The first-order chi connectivity index (χ1) is 13.3. The number of hydrogen-bond donors (Lipinski definition) is 2. The summed E-state index contributed by atoms with van der Waals surface area (Å²) in [5.41, 5.74) is 1.90. The minimum Gasteiger partial charge on any atom is -0.484 e. The van der Waals surface area contributed by atoms with E-state index in [0.717, 1.165) is 23.3 Å². The van der Waals surface area contributed by atoms with E-state index in [-0.39, 0.29) is 19.6 Å². The van der Waals surface area contributed by atoms with E-state index in [1.165, 1.54) is 6.07 Å². The van der Waals surface area contributed by atoms with Crippen molar-refractivity contribution >= 4 is 11.8 Å². The van der Waals surface area contributed by atoms with Gasteiger partial charge in [0.15, 0.2) is 6.61 Å². The fourth-order valence-corrected chi connectivity index (χ4v) is 2.38. The van der Waals surface area contributed by atoms with Crippen LogP contribution in [0, 0.1) is 25.5 Å². The van der Waals surface area contributed by atoms with Gasteiger partial charge in [-0.3, -0.25) is 9.59 Å². The largest absolute Gasteiger partial charge is 0.484 e. The van der Waals surface area contributed by atoms with Crippen molar-refractivity contribution < 1.29 is 23.1 Å². The first kappa shape index (κ1) is 21.1. The van der Waals surface area contributed by atoms with E-state index in [1.807, 2.05) is 26.0 Å². The Morgan fingerprint density at radius 1 is 1.07 bits per heavy atom. The van der Waals surface area contributed by atoms with Gasteiger partial charge < -0.3 is 15.4 Å². The van der Waals surface area contributed by atoms with Crippen LogP contribution < -0.4 is 15.4 Å². The average molecular weight is 388 g/mol. The molecule has 2 rings (SSSR count). The normalized spacial score (nSPS) is 10.3. The second kappa shape index (κ2) is 9.64. The van der Waals surface area contributed by atoms with Crippen molar-refractivity contribution in [3.8, 4) is 5.75 Å². The summed E-state index contributed by atoms with van der Waals surface area (Å²) in [6.45, 7) is 7.50. The lowest BCUT2D eigenvalue weighted by Crippen LogP contribution is -2.31. The molecule has 2 N–H and O–H groups in total. The van der Waals surface area contributed by atoms with Crippen molar-refractivity contribution in [1.82, 2.24) is 10.6 Å². The molecule has 0 unspecified atom stereocenters. The molecule has 7 heteroatoms. The maximum atomic E-state index is 13.5. The maximum Gasteiger partial charge on any atom is 0.262 e. The Labute approximate surface area is 162 Å². The van der Waals surface area contributed by atoms with Gasteiger partial charge in [0.05, 0.1) is 0 Å². The maximum absolute atomic E-state index is 13.5. The number of rotatable bonds is 8. The molecule has 2 aromatic rings. The topological polar surface area (TPSA) is 67.4 Å². The molecule has 148 valence electrons. The van der Waals surface area contributed by atoms with Gasteiger partial charge in [-0.2, -0.15) is 0 Å². The zero-order valence-electron chi connectivity index (χ0n) is 15.8. The van der Waals surface area contributed by atoms with Crippen LogP contribution in [0.5, 0.6) is 5.75 Å². The highest BCUT2D eigenvalue weighted by Gasteiger charge is 2.16. The molecule has 0 fully saturated rings. The molecule has 0 heterocycles. The fourth-order valence-electron chi connectivity index (χ4n) is 2.38. The number of hydrogen-bond acceptors (Lipinski definition) is 3. The van der Waals surface area contributed by atoms with Crippen LogP contribution in [0.25, 0.3) is 0 Å². The third-order valence-corrected chi connectivity index (χ3v) is 4.07. The highest BCUT2D eigenvalue weighted by Crippen LogP contribution is 2.16. The van der Waals surface area contributed by atoms with Gasteiger partial charge in [0.1, 0.15) is 22.9 Å². The standard InChI is InChI=1S/C21H22F2N2O3/c1-13-7-8-16(11-14(13)2)28-12-19(26)25-15(3)9-10-24-21(27)20-17(22)5-4-6-18(20)23/h4-8,11H,3,9-10,12H2,1-2H3,(H,24,27)(H,25,26). The second-order valence-corrected chi connectivity index (χ2v) is 6.29. The number of halogens is 2. The summed E-state index contributed by atoms with van der Waals surface area (Å²) in [7, 11) is 0. The molecule has 0 aliphatic heterocycles. The van der Waals surface area contributed by atoms with Gasteiger partial charge in [-0.1, -0.05) is 18.7 Å². The summed E-state index contributed by atoms with van der Waals surface area (Å²) < 4.78 is 32.5. The van der Waals surface area contributed by atoms with Crippen molar-refractivity contribution in [2.24, 2.45) is 0 Å². The molecule has 0 radical (unpaired) electrons. The van der Waals surface area contributed by atoms with E-state index in [9.17, 15) is 18.4 Å². The molecule has 0 spiro atoms. The molecule has 0 bridgehead atoms. The Morgan fingerprint density at radius 2 is 1.75 bits per heavy atom. The minimum absolute atomic E-state index is 0.0593. The quantitative estimate of drug-likeness (QED) is 0.728. The van der Waals surface area contributed by atoms with Crippen LogP contribution in [0.15, 0.2) is 48.7 Å². The van der Waals surface area contributed by atoms with Gasteiger partial charge in [0.2, 0.25) is 0 Å². The fraction of sp³-hybridized carbons (Fsp3) is 0.238. The molecule has 0 saturated heterocycles. The summed E-state index contributed by atoms with van der Waals surface area (Å²) in [6, 6.07) is 8.72. The van der Waals surface area contributed by atoms with Gasteiger partial charge in [-0.05, 0) is 49.2 Å². The van der Waals surface area contributed by atoms with Crippen LogP contribution in [0.3, 0.4) is 0 Å². The second-order valence-electron chi connectivity index (χ2n) is 6.29. The van der Waals surface area contributed by atoms with E-state index >= 15 is 0 Å². The Morgan fingerprint density at radius 3 is 2.39 bits per heavy atom. The summed E-state index contributed by atoms with van der Waals surface area (Å²) in [5, 5.41) is 4.95. The number of aryl methyl sites for hydroxylation is 2. The lowest BCUT2D eigenvalue weighted by Gasteiger charge is -2.11. The molecular formula is C21H22F2N2O3. The highest BCUT2D eigenvalue weighted by molar-refractivity contribution is 5.94. The van der Waals surface area contributed by atoms with E-state index in [0.29, 0.717) is 11.4 Å². The molecule has 28 heavy (non-hydrogen) atoms. The first-order valence-electron chi connectivity index (χ1n) is 8.68. The van der Waals surface area contributed by atoms with Crippen LogP contribution in [0.1, 0.15) is 27.9 Å². The van der Waals surface area contributed by atoms with Crippen LogP contribution >= 0.6 is 0 Å². The van der Waals surface area contributed by atoms with Gasteiger partial charge >= 0.3 is 0 Å². The molecule has 2 amide bonds. The molecule has 0 aliphatic rings. The number of ether oxygens (including phenoxy) is 1. The average Bonchev–Trinajstić information content (AvgIpc) is 2.62. The molecule has 0 atom stereocenters. The molecule has 0 aliphatic carbocycles. The van der Waals surface area contributed by atoms with E-state index in [4.69, 9.17) is 4.74 Å². The molecular weight excluding hydrogens is 366 g/mol.